The van der Waals surface area contributed by atoms with E-state index >= 15 is 0 Å². The fourth-order valence-corrected chi connectivity index (χ4v) is 8.26. The third-order valence-corrected chi connectivity index (χ3v) is 12.0. The number of likely N-dealkylation sites (N-methyl/N-ethyl adjacent to an activating group) is 2. The summed E-state index contributed by atoms with van der Waals surface area (Å²) in [6.45, 7) is 8.20. The standard InChI is InChI=1S/C43H50N4O4S2.C4H10.V.2H2/c1-46(2)22-24-50-36-28-30-12-6-8-14-38(30)52-40-18-16-32(26-34(36)40)42(48)44-20-10-5-11-21-45-43(49)33-17-19-41-35(27-33)37(51-25-23-47(3)4)29-31-13-7-9-15-39(31)53-41;1-3-4-2;;;/h6,8,12-19,26-29H,5,7,9-11,20-25H2,1-4H3,(H,44,48)(H,45,49);3-4H2,1-2H3;;2*1H. The first-order chi connectivity index (χ1) is 27.7. The molecule has 0 unspecified atom stereocenters. The second kappa shape index (κ2) is 24.4. The van der Waals surface area contributed by atoms with Crippen LogP contribution >= 0.6 is 23.5 Å². The Morgan fingerprint density at radius 2 is 1.21 bits per heavy atom. The number of ether oxygens (including phenoxy) is 2. The van der Waals surface area contributed by atoms with E-state index in [1.165, 1.54) is 23.3 Å². The van der Waals surface area contributed by atoms with Crippen LogP contribution in [-0.2, 0) is 28.0 Å². The van der Waals surface area contributed by atoms with Gasteiger partial charge in [-0.15, -0.1) is 0 Å². The van der Waals surface area contributed by atoms with E-state index in [0.717, 1.165) is 88.1 Å². The summed E-state index contributed by atoms with van der Waals surface area (Å²) >= 11 is 3.43. The maximum Gasteiger partial charge on any atom is 0.251 e. The van der Waals surface area contributed by atoms with Crippen LogP contribution in [0.5, 0.6) is 0 Å². The zero-order chi connectivity index (χ0) is 40.6. The first-order valence-corrected chi connectivity index (χ1v) is 22.0. The molecule has 3 aromatic rings. The Balaban J connectivity index is 0.00000170. The van der Waals surface area contributed by atoms with Crippen molar-refractivity contribution in [2.45, 2.75) is 73.5 Å². The molecule has 2 N–H and O–H groups in total. The van der Waals surface area contributed by atoms with Crippen LogP contribution in [0.3, 0.4) is 0 Å². The Hall–Kier alpha value is -3.64. The number of hydrogen-bond acceptors (Lipinski definition) is 8. The maximum atomic E-state index is 13.2. The van der Waals surface area contributed by atoms with Gasteiger partial charge in [0.2, 0.25) is 0 Å². The third-order valence-electron chi connectivity index (χ3n) is 9.61. The number of rotatable bonds is 17. The fraction of sp³-hybridized carbons (Fsp3) is 0.404. The minimum atomic E-state index is -0.104. The molecule has 0 bridgehead atoms. The normalized spacial score (nSPS) is 13.9. The van der Waals surface area contributed by atoms with Gasteiger partial charge in [0, 0.05) is 89.4 Å². The van der Waals surface area contributed by atoms with Crippen LogP contribution in [0.25, 0.3) is 17.6 Å². The van der Waals surface area contributed by atoms with Crippen LogP contribution in [0.1, 0.15) is 99.1 Å². The Morgan fingerprint density at radius 3 is 1.78 bits per heavy atom. The minimum Gasteiger partial charge on any atom is -0.492 e. The summed E-state index contributed by atoms with van der Waals surface area (Å²) in [5, 5.41) is 6.18. The van der Waals surface area contributed by atoms with E-state index in [4.69, 9.17) is 9.47 Å². The monoisotopic (exact) mass is 863 g/mol. The van der Waals surface area contributed by atoms with E-state index in [1.54, 1.807) is 23.5 Å². The van der Waals surface area contributed by atoms with Crippen molar-refractivity contribution in [2.75, 3.05) is 67.6 Å². The summed E-state index contributed by atoms with van der Waals surface area (Å²) in [6, 6.07) is 20.0. The van der Waals surface area contributed by atoms with E-state index in [-0.39, 0.29) is 33.2 Å². The molecule has 6 rings (SSSR count). The van der Waals surface area contributed by atoms with E-state index in [9.17, 15) is 9.59 Å². The molecule has 0 spiro atoms. The van der Waals surface area contributed by atoms with Gasteiger partial charge in [-0.2, -0.15) is 0 Å². The topological polar surface area (TPSA) is 83.1 Å². The number of allylic oxidation sites excluding steroid dienone is 4. The number of carbonyl (C=O) groups is 2. The number of hydrogen-bond donors (Lipinski definition) is 2. The van der Waals surface area contributed by atoms with E-state index < -0.39 is 0 Å². The molecule has 313 valence electrons. The van der Waals surface area contributed by atoms with Gasteiger partial charge in [-0.25, -0.2) is 0 Å². The average molecular weight is 864 g/mol. The Morgan fingerprint density at radius 1 is 0.672 bits per heavy atom. The number of unbranched alkanes of at least 4 members (excludes halogenated alkanes) is 3. The third kappa shape index (κ3) is 14.0. The number of fused-ring (bicyclic) bond motifs is 4. The number of thioether (sulfide) groups is 1. The molecule has 0 saturated heterocycles. The van der Waals surface area contributed by atoms with Crippen molar-refractivity contribution >= 4 is 52.9 Å². The molecule has 1 aliphatic carbocycles. The first-order valence-electron chi connectivity index (χ1n) is 20.4. The van der Waals surface area contributed by atoms with Gasteiger partial charge in [-0.3, -0.25) is 9.59 Å². The molecule has 0 atom stereocenters. The molecule has 3 aliphatic rings. The van der Waals surface area contributed by atoms with E-state index in [2.05, 4.69) is 70.7 Å². The van der Waals surface area contributed by atoms with Crippen molar-refractivity contribution in [3.63, 3.8) is 0 Å². The minimum absolute atomic E-state index is 0. The molecule has 0 aromatic heterocycles. The van der Waals surface area contributed by atoms with Gasteiger partial charge in [0.15, 0.2) is 0 Å². The number of nitrogens with one attached hydrogen (secondary N) is 2. The van der Waals surface area contributed by atoms with Crippen molar-refractivity contribution in [3.05, 3.63) is 117 Å². The molecule has 0 fully saturated rings. The van der Waals surface area contributed by atoms with Crippen LogP contribution in [-0.4, -0.2) is 89.2 Å². The summed E-state index contributed by atoms with van der Waals surface area (Å²) in [6.07, 6.45) is 16.0. The molecular formula is C47H64N4O4S2V. The molecule has 1 radical (unpaired) electrons. The predicted molar refractivity (Wildman–Crippen MR) is 243 cm³/mol. The largest absolute Gasteiger partial charge is 0.492 e. The van der Waals surface area contributed by atoms with Crippen molar-refractivity contribution in [3.8, 4) is 0 Å². The van der Waals surface area contributed by atoms with Gasteiger partial charge in [0.1, 0.15) is 24.7 Å². The number of amides is 2. The average Bonchev–Trinajstić information content (AvgIpc) is 3.47. The second-order valence-corrected chi connectivity index (χ2v) is 17.0. The van der Waals surface area contributed by atoms with Gasteiger partial charge in [0.05, 0.1) is 0 Å². The fourth-order valence-electron chi connectivity index (χ4n) is 6.13. The summed E-state index contributed by atoms with van der Waals surface area (Å²) < 4.78 is 12.6. The van der Waals surface area contributed by atoms with E-state index in [1.807, 2.05) is 76.7 Å². The summed E-state index contributed by atoms with van der Waals surface area (Å²) in [4.78, 5) is 35.2. The van der Waals surface area contributed by atoms with Gasteiger partial charge in [0.25, 0.3) is 11.8 Å². The van der Waals surface area contributed by atoms with Crippen LogP contribution in [0.2, 0.25) is 0 Å². The molecule has 2 amide bonds. The predicted octanol–water partition coefficient (Wildman–Crippen LogP) is 10.5. The van der Waals surface area contributed by atoms with Crippen LogP contribution in [0.4, 0.5) is 0 Å². The number of nitrogens with zero attached hydrogens (tertiary/aromatic N) is 2. The smallest absolute Gasteiger partial charge is 0.251 e. The zero-order valence-corrected chi connectivity index (χ0v) is 38.1. The molecule has 8 nitrogen and oxygen atoms in total. The molecule has 2 heterocycles. The summed E-state index contributed by atoms with van der Waals surface area (Å²) in [7, 11) is 8.11. The quantitative estimate of drug-likeness (QED) is 0.130. The molecule has 58 heavy (non-hydrogen) atoms. The van der Waals surface area contributed by atoms with Gasteiger partial charge in [-0.05, 0) is 126 Å². The van der Waals surface area contributed by atoms with Crippen molar-refractivity contribution in [1.82, 2.24) is 20.4 Å². The van der Waals surface area contributed by atoms with Gasteiger partial charge < -0.3 is 29.9 Å². The Kier molecular flexibility index (Phi) is 19.8. The summed E-state index contributed by atoms with van der Waals surface area (Å²) in [5.74, 6) is 1.39. The van der Waals surface area contributed by atoms with Gasteiger partial charge in [-0.1, -0.05) is 80.6 Å². The van der Waals surface area contributed by atoms with Crippen LogP contribution < -0.4 is 10.6 Å². The maximum absolute atomic E-state index is 13.2. The molecule has 0 saturated carbocycles. The molecule has 2 aliphatic heterocycles. The Bertz CT molecular complexity index is 1980. The SMILES string of the molecule is CCCC.CN(C)CCOC1=CC2=CCCC=C2Sc2ccc(C(=O)NCCCCCNC(=O)c3ccc4c(c3)C(OCCN(C)C)=Cc3ccccc3S4)cc21.[HH].[HH].[V]. The van der Waals surface area contributed by atoms with Crippen molar-refractivity contribution in [2.24, 2.45) is 0 Å². The van der Waals surface area contributed by atoms with Crippen molar-refractivity contribution < 1.29 is 40.5 Å². The van der Waals surface area contributed by atoms with Crippen LogP contribution in [0, 0.1) is 0 Å². The number of benzene rings is 3. The molecule has 11 heteroatoms. The second-order valence-electron chi connectivity index (χ2n) is 14.9. The van der Waals surface area contributed by atoms with E-state index in [0.29, 0.717) is 37.4 Å². The Labute approximate surface area is 370 Å². The zero-order valence-electron chi connectivity index (χ0n) is 35.1. The number of carbonyl (C=O) groups excluding carboxylic acids is 2. The molecular weight excluding hydrogens is 800 g/mol. The molecule has 3 aromatic carbocycles. The first kappa shape index (κ1) is 47.0. The summed E-state index contributed by atoms with van der Waals surface area (Å²) in [5.41, 5.74) is 5.41. The van der Waals surface area contributed by atoms with Crippen LogP contribution in [0.15, 0.2) is 104 Å². The van der Waals surface area contributed by atoms with Crippen molar-refractivity contribution in [1.29, 1.82) is 0 Å². The van der Waals surface area contributed by atoms with Gasteiger partial charge >= 0.3 is 0 Å².